The van der Waals surface area contributed by atoms with Crippen LogP contribution in [0.5, 0.6) is 5.88 Å². The van der Waals surface area contributed by atoms with Gasteiger partial charge in [-0.15, -0.1) is 0 Å². The van der Waals surface area contributed by atoms with Crippen molar-refractivity contribution >= 4 is 11.7 Å². The molecule has 1 heterocycles. The second-order valence-electron chi connectivity index (χ2n) is 6.43. The Morgan fingerprint density at radius 3 is 2.64 bits per heavy atom. The lowest BCUT2D eigenvalue weighted by Crippen LogP contribution is -2.49. The molecule has 0 bridgehead atoms. The molecular weight excluding hydrogens is 280 g/mol. The summed E-state index contributed by atoms with van der Waals surface area (Å²) >= 11 is 0. The summed E-state index contributed by atoms with van der Waals surface area (Å²) in [5, 5.41) is 2.74. The van der Waals surface area contributed by atoms with Crippen molar-refractivity contribution in [2.45, 2.75) is 52.5 Å². The molecule has 1 N–H and O–H groups in total. The van der Waals surface area contributed by atoms with Gasteiger partial charge < -0.3 is 10.1 Å². The van der Waals surface area contributed by atoms with E-state index in [1.807, 2.05) is 13.0 Å². The van der Waals surface area contributed by atoms with Crippen molar-refractivity contribution in [2.75, 3.05) is 6.61 Å². The molecule has 5 heteroatoms. The third-order valence-electron chi connectivity index (χ3n) is 3.88. The molecule has 5 nitrogen and oxygen atoms in total. The predicted molar refractivity (Wildman–Crippen MR) is 84.0 cm³/mol. The molecule has 120 valence electrons. The minimum absolute atomic E-state index is 0.0156. The Balaban J connectivity index is 2.08. The number of ether oxygens (including phenoxy) is 1. The number of aromatic nitrogens is 1. The molecule has 0 unspecified atom stereocenters. The Morgan fingerprint density at radius 1 is 1.36 bits per heavy atom. The SMILES string of the molecule is CCC(=O)C(C)(C)NC(=O)c1ccc(C)c(OCC2CC2)n1. The lowest BCUT2D eigenvalue weighted by Gasteiger charge is -2.24. The largest absolute Gasteiger partial charge is 0.477 e. The quantitative estimate of drug-likeness (QED) is 0.841. The fourth-order valence-corrected chi connectivity index (χ4v) is 2.12. The highest BCUT2D eigenvalue weighted by Crippen LogP contribution is 2.29. The highest BCUT2D eigenvalue weighted by Gasteiger charge is 2.29. The van der Waals surface area contributed by atoms with Gasteiger partial charge in [0, 0.05) is 12.0 Å². The summed E-state index contributed by atoms with van der Waals surface area (Å²) in [5.41, 5.74) is 0.280. The minimum atomic E-state index is -0.895. The molecule has 0 atom stereocenters. The standard InChI is InChI=1S/C17H24N2O3/c1-5-14(20)17(3,4)19-15(21)13-9-6-11(2)16(18-13)22-10-12-7-8-12/h6,9,12H,5,7-8,10H2,1-4H3,(H,19,21). The highest BCUT2D eigenvalue weighted by molar-refractivity contribution is 5.98. The highest BCUT2D eigenvalue weighted by atomic mass is 16.5. The second kappa shape index (κ2) is 6.46. The van der Waals surface area contributed by atoms with Crippen molar-refractivity contribution in [3.05, 3.63) is 23.4 Å². The molecular formula is C17H24N2O3. The number of pyridine rings is 1. The molecule has 0 saturated heterocycles. The Labute approximate surface area is 131 Å². The maximum atomic E-state index is 12.3. The van der Waals surface area contributed by atoms with E-state index in [-0.39, 0.29) is 17.4 Å². The van der Waals surface area contributed by atoms with Gasteiger partial charge >= 0.3 is 0 Å². The minimum Gasteiger partial charge on any atom is -0.477 e. The molecule has 0 aromatic carbocycles. The molecule has 1 amide bonds. The van der Waals surface area contributed by atoms with Crippen LogP contribution in [0.1, 0.15) is 56.1 Å². The van der Waals surface area contributed by atoms with Crippen LogP contribution in [-0.2, 0) is 4.79 Å². The van der Waals surface area contributed by atoms with Gasteiger partial charge in [-0.1, -0.05) is 13.0 Å². The van der Waals surface area contributed by atoms with Crippen molar-refractivity contribution in [1.29, 1.82) is 0 Å². The number of aryl methyl sites for hydroxylation is 1. The predicted octanol–water partition coefficient (Wildman–Crippen LogP) is 2.67. The van der Waals surface area contributed by atoms with Crippen LogP contribution in [-0.4, -0.2) is 28.8 Å². The molecule has 1 fully saturated rings. The number of nitrogens with zero attached hydrogens (tertiary/aromatic N) is 1. The van der Waals surface area contributed by atoms with Crippen LogP contribution in [0.25, 0.3) is 0 Å². The van der Waals surface area contributed by atoms with Crippen LogP contribution in [0.3, 0.4) is 0 Å². The summed E-state index contributed by atoms with van der Waals surface area (Å²) < 4.78 is 5.69. The van der Waals surface area contributed by atoms with Crippen molar-refractivity contribution < 1.29 is 14.3 Å². The molecule has 2 rings (SSSR count). The molecule has 0 radical (unpaired) electrons. The average Bonchev–Trinajstić information content (AvgIpc) is 3.29. The average molecular weight is 304 g/mol. The van der Waals surface area contributed by atoms with Gasteiger partial charge in [-0.05, 0) is 45.6 Å². The number of hydrogen-bond donors (Lipinski definition) is 1. The van der Waals surface area contributed by atoms with Crippen molar-refractivity contribution in [3.63, 3.8) is 0 Å². The van der Waals surface area contributed by atoms with Gasteiger partial charge in [0.1, 0.15) is 5.69 Å². The van der Waals surface area contributed by atoms with E-state index in [0.29, 0.717) is 24.8 Å². The van der Waals surface area contributed by atoms with Gasteiger partial charge in [-0.2, -0.15) is 0 Å². The fraction of sp³-hybridized carbons (Fsp3) is 0.588. The van der Waals surface area contributed by atoms with E-state index in [4.69, 9.17) is 4.74 Å². The van der Waals surface area contributed by atoms with Gasteiger partial charge in [0.2, 0.25) is 5.88 Å². The maximum Gasteiger partial charge on any atom is 0.270 e. The van der Waals surface area contributed by atoms with Crippen LogP contribution in [0.2, 0.25) is 0 Å². The zero-order valence-electron chi connectivity index (χ0n) is 13.7. The molecule has 1 aliphatic rings. The molecule has 0 spiro atoms. The number of ketones is 1. The van der Waals surface area contributed by atoms with E-state index < -0.39 is 5.54 Å². The molecule has 1 aromatic rings. The van der Waals surface area contributed by atoms with Crippen LogP contribution >= 0.6 is 0 Å². The van der Waals surface area contributed by atoms with E-state index in [9.17, 15) is 9.59 Å². The third-order valence-corrected chi connectivity index (χ3v) is 3.88. The van der Waals surface area contributed by atoms with E-state index in [1.54, 1.807) is 26.8 Å². The lowest BCUT2D eigenvalue weighted by atomic mass is 9.97. The van der Waals surface area contributed by atoms with Crippen molar-refractivity contribution in [2.24, 2.45) is 5.92 Å². The number of Topliss-reactive ketones (excluding diaryl/α,β-unsaturated/α-hetero) is 1. The number of hydrogen-bond acceptors (Lipinski definition) is 4. The van der Waals surface area contributed by atoms with Gasteiger partial charge in [0.05, 0.1) is 12.1 Å². The first kappa shape index (κ1) is 16.5. The molecule has 22 heavy (non-hydrogen) atoms. The summed E-state index contributed by atoms with van der Waals surface area (Å²) in [6, 6.07) is 3.47. The summed E-state index contributed by atoms with van der Waals surface area (Å²) in [5.74, 6) is 0.750. The zero-order valence-corrected chi connectivity index (χ0v) is 13.7. The topological polar surface area (TPSA) is 68.3 Å². The van der Waals surface area contributed by atoms with E-state index in [0.717, 1.165) is 5.56 Å². The molecule has 1 saturated carbocycles. The smallest absolute Gasteiger partial charge is 0.270 e. The normalized spacial score (nSPS) is 14.5. The number of nitrogens with one attached hydrogen (secondary N) is 1. The molecule has 1 aliphatic carbocycles. The zero-order chi connectivity index (χ0) is 16.3. The fourth-order valence-electron chi connectivity index (χ4n) is 2.12. The van der Waals surface area contributed by atoms with E-state index in [1.165, 1.54) is 12.8 Å². The maximum absolute atomic E-state index is 12.3. The van der Waals surface area contributed by atoms with Gasteiger partial charge in [0.15, 0.2) is 5.78 Å². The monoisotopic (exact) mass is 304 g/mol. The van der Waals surface area contributed by atoms with Crippen molar-refractivity contribution in [1.82, 2.24) is 10.3 Å². The first-order chi connectivity index (χ1) is 10.3. The number of amides is 1. The van der Waals surface area contributed by atoms with E-state index >= 15 is 0 Å². The van der Waals surface area contributed by atoms with E-state index in [2.05, 4.69) is 10.3 Å². The summed E-state index contributed by atoms with van der Waals surface area (Å²) in [4.78, 5) is 28.5. The Morgan fingerprint density at radius 2 is 2.05 bits per heavy atom. The molecule has 0 aliphatic heterocycles. The summed E-state index contributed by atoms with van der Waals surface area (Å²) in [6.07, 6.45) is 2.78. The van der Waals surface area contributed by atoms with Gasteiger partial charge in [-0.25, -0.2) is 4.98 Å². The first-order valence-corrected chi connectivity index (χ1v) is 7.79. The number of rotatable bonds is 7. The first-order valence-electron chi connectivity index (χ1n) is 7.79. The third kappa shape index (κ3) is 4.06. The van der Waals surface area contributed by atoms with Crippen LogP contribution in [0.15, 0.2) is 12.1 Å². The van der Waals surface area contributed by atoms with Crippen LogP contribution < -0.4 is 10.1 Å². The number of carbonyl (C=O) groups is 2. The van der Waals surface area contributed by atoms with Gasteiger partial charge in [0.25, 0.3) is 5.91 Å². The summed E-state index contributed by atoms with van der Waals surface area (Å²) in [7, 11) is 0. The molecule has 1 aromatic heterocycles. The van der Waals surface area contributed by atoms with Crippen LogP contribution in [0.4, 0.5) is 0 Å². The van der Waals surface area contributed by atoms with Crippen LogP contribution in [0, 0.1) is 12.8 Å². The Hall–Kier alpha value is -1.91. The second-order valence-corrected chi connectivity index (χ2v) is 6.43. The Kier molecular flexibility index (Phi) is 4.84. The summed E-state index contributed by atoms with van der Waals surface area (Å²) in [6.45, 7) is 7.75. The Bertz CT molecular complexity index is 577. The van der Waals surface area contributed by atoms with Crippen molar-refractivity contribution in [3.8, 4) is 5.88 Å². The number of carbonyl (C=O) groups excluding carboxylic acids is 2. The lowest BCUT2D eigenvalue weighted by molar-refractivity contribution is -0.123. The van der Waals surface area contributed by atoms with Gasteiger partial charge in [-0.3, -0.25) is 9.59 Å².